The predicted molar refractivity (Wildman–Crippen MR) is 83.0 cm³/mol. The number of piperidine rings is 1. The van der Waals surface area contributed by atoms with Crippen molar-refractivity contribution in [3.05, 3.63) is 20.8 Å². The zero-order valence-electron chi connectivity index (χ0n) is 11.4. The minimum atomic E-state index is 0.178. The van der Waals surface area contributed by atoms with Crippen molar-refractivity contribution in [2.75, 3.05) is 13.1 Å². The molecule has 1 aromatic heterocycles. The molecule has 1 saturated heterocycles. The van der Waals surface area contributed by atoms with Crippen LogP contribution < -0.4 is 5.73 Å². The van der Waals surface area contributed by atoms with Crippen LogP contribution in [0.4, 0.5) is 0 Å². The van der Waals surface area contributed by atoms with E-state index in [-0.39, 0.29) is 6.04 Å². The summed E-state index contributed by atoms with van der Waals surface area (Å²) in [6, 6.07) is 2.77. The van der Waals surface area contributed by atoms with E-state index in [1.807, 2.05) is 11.3 Å². The third-order valence-corrected chi connectivity index (χ3v) is 5.69. The lowest BCUT2D eigenvalue weighted by Crippen LogP contribution is -2.45. The zero-order valence-corrected chi connectivity index (χ0v) is 13.9. The molecule has 0 bridgehead atoms. The van der Waals surface area contributed by atoms with Crippen LogP contribution in [0.25, 0.3) is 0 Å². The summed E-state index contributed by atoms with van der Waals surface area (Å²) in [4.78, 5) is 3.95. The molecule has 1 aliphatic rings. The van der Waals surface area contributed by atoms with Gasteiger partial charge in [-0.15, -0.1) is 11.3 Å². The Labute approximate surface area is 123 Å². The smallest absolute Gasteiger partial charge is 0.0591 e. The molecule has 18 heavy (non-hydrogen) atoms. The molecule has 1 aliphatic heterocycles. The highest BCUT2D eigenvalue weighted by atomic mass is 79.9. The van der Waals surface area contributed by atoms with Gasteiger partial charge in [0.1, 0.15) is 0 Å². The van der Waals surface area contributed by atoms with Crippen molar-refractivity contribution >= 4 is 27.3 Å². The first kappa shape index (κ1) is 14.5. The van der Waals surface area contributed by atoms with Gasteiger partial charge >= 0.3 is 0 Å². The number of rotatable bonds is 3. The first-order valence-corrected chi connectivity index (χ1v) is 8.30. The van der Waals surface area contributed by atoms with E-state index in [9.17, 15) is 0 Å². The van der Waals surface area contributed by atoms with Gasteiger partial charge in [0.05, 0.1) is 6.04 Å². The highest BCUT2D eigenvalue weighted by Gasteiger charge is 2.32. The van der Waals surface area contributed by atoms with Crippen molar-refractivity contribution in [2.24, 2.45) is 11.1 Å². The van der Waals surface area contributed by atoms with E-state index >= 15 is 0 Å². The Balaban J connectivity index is 2.12. The molecule has 1 aromatic rings. The summed E-state index contributed by atoms with van der Waals surface area (Å²) in [5.41, 5.74) is 6.72. The van der Waals surface area contributed by atoms with Gasteiger partial charge in [0.25, 0.3) is 0 Å². The fourth-order valence-corrected chi connectivity index (χ4v) is 4.36. The standard InChI is InChI=1S/C14H23BrN2S/c1-10(16)13(12-8-11(15)9-18-12)17-6-4-14(2,3)5-7-17/h8-10,13H,4-7,16H2,1-3H3. The second-order valence-corrected chi connectivity index (χ2v) is 8.03. The summed E-state index contributed by atoms with van der Waals surface area (Å²) in [7, 11) is 0. The maximum Gasteiger partial charge on any atom is 0.0591 e. The zero-order chi connectivity index (χ0) is 13.3. The maximum atomic E-state index is 6.23. The minimum Gasteiger partial charge on any atom is -0.326 e. The van der Waals surface area contributed by atoms with Crippen molar-refractivity contribution in [3.8, 4) is 0 Å². The lowest BCUT2D eigenvalue weighted by molar-refractivity contribution is 0.0856. The molecule has 0 radical (unpaired) electrons. The summed E-state index contributed by atoms with van der Waals surface area (Å²) in [6.07, 6.45) is 2.53. The van der Waals surface area contributed by atoms with E-state index in [0.717, 1.165) is 13.1 Å². The Kier molecular flexibility index (Phi) is 4.52. The molecule has 2 rings (SSSR count). The van der Waals surface area contributed by atoms with Crippen LogP contribution in [0.3, 0.4) is 0 Å². The number of hydrogen-bond donors (Lipinski definition) is 1. The highest BCUT2D eigenvalue weighted by molar-refractivity contribution is 9.10. The summed E-state index contributed by atoms with van der Waals surface area (Å²) < 4.78 is 1.17. The van der Waals surface area contributed by atoms with Crippen molar-refractivity contribution in [2.45, 2.75) is 45.7 Å². The van der Waals surface area contributed by atoms with Crippen LogP contribution in [0.5, 0.6) is 0 Å². The lowest BCUT2D eigenvalue weighted by atomic mass is 9.82. The molecule has 0 spiro atoms. The van der Waals surface area contributed by atoms with Gasteiger partial charge in [-0.25, -0.2) is 0 Å². The van der Waals surface area contributed by atoms with E-state index in [1.54, 1.807) is 0 Å². The van der Waals surface area contributed by atoms with Crippen LogP contribution >= 0.6 is 27.3 Å². The Morgan fingerprint density at radius 2 is 2.00 bits per heavy atom. The van der Waals surface area contributed by atoms with Gasteiger partial charge in [-0.3, -0.25) is 4.90 Å². The third kappa shape index (κ3) is 3.35. The van der Waals surface area contributed by atoms with Gasteiger partial charge in [-0.1, -0.05) is 13.8 Å². The number of halogens is 1. The number of nitrogens with two attached hydrogens (primary N) is 1. The second-order valence-electron chi connectivity index (χ2n) is 6.17. The van der Waals surface area contributed by atoms with Gasteiger partial charge < -0.3 is 5.73 Å². The predicted octanol–water partition coefficient (Wildman–Crippen LogP) is 4.02. The van der Waals surface area contributed by atoms with Gasteiger partial charge in [0.15, 0.2) is 0 Å². The summed E-state index contributed by atoms with van der Waals surface area (Å²) >= 11 is 5.35. The number of hydrogen-bond acceptors (Lipinski definition) is 3. The van der Waals surface area contributed by atoms with Crippen LogP contribution in [0.2, 0.25) is 0 Å². The lowest BCUT2D eigenvalue weighted by Gasteiger charge is -2.42. The summed E-state index contributed by atoms with van der Waals surface area (Å²) in [5.74, 6) is 0. The summed E-state index contributed by atoms with van der Waals surface area (Å²) in [5, 5.41) is 2.15. The molecule has 102 valence electrons. The van der Waals surface area contributed by atoms with Crippen molar-refractivity contribution in [1.29, 1.82) is 0 Å². The molecule has 0 saturated carbocycles. The first-order chi connectivity index (χ1) is 8.39. The molecular weight excluding hydrogens is 308 g/mol. The van der Waals surface area contributed by atoms with Crippen molar-refractivity contribution in [3.63, 3.8) is 0 Å². The average Bonchev–Trinajstić information content (AvgIpc) is 2.67. The second kappa shape index (κ2) is 5.61. The van der Waals surface area contributed by atoms with E-state index in [0.29, 0.717) is 11.5 Å². The SMILES string of the molecule is CC(N)C(c1cc(Br)cs1)N1CCC(C)(C)CC1. The third-order valence-electron chi connectivity index (χ3n) is 3.92. The normalized spacial score (nSPS) is 23.8. The largest absolute Gasteiger partial charge is 0.326 e. The number of thiophene rings is 1. The van der Waals surface area contributed by atoms with Crippen LogP contribution in [-0.4, -0.2) is 24.0 Å². The van der Waals surface area contributed by atoms with Crippen LogP contribution in [0.1, 0.15) is 44.5 Å². The van der Waals surface area contributed by atoms with Gasteiger partial charge in [-0.05, 0) is 60.3 Å². The van der Waals surface area contributed by atoms with Gasteiger partial charge in [0.2, 0.25) is 0 Å². The van der Waals surface area contributed by atoms with Crippen LogP contribution in [-0.2, 0) is 0 Å². The molecule has 0 aromatic carbocycles. The molecule has 2 atom stereocenters. The molecule has 2 heterocycles. The molecule has 2 nitrogen and oxygen atoms in total. The number of likely N-dealkylation sites (tertiary alicyclic amines) is 1. The fourth-order valence-electron chi connectivity index (χ4n) is 2.66. The maximum absolute atomic E-state index is 6.23. The van der Waals surface area contributed by atoms with E-state index in [4.69, 9.17) is 5.73 Å². The molecule has 4 heteroatoms. The topological polar surface area (TPSA) is 29.3 Å². The quantitative estimate of drug-likeness (QED) is 0.906. The Hall–Kier alpha value is 0.1000. The Morgan fingerprint density at radius 3 is 2.44 bits per heavy atom. The molecule has 2 N–H and O–H groups in total. The van der Waals surface area contributed by atoms with Crippen LogP contribution in [0, 0.1) is 5.41 Å². The fraction of sp³-hybridized carbons (Fsp3) is 0.714. The highest BCUT2D eigenvalue weighted by Crippen LogP contribution is 2.37. The van der Waals surface area contributed by atoms with Crippen molar-refractivity contribution < 1.29 is 0 Å². The van der Waals surface area contributed by atoms with Gasteiger partial charge in [-0.2, -0.15) is 0 Å². The summed E-state index contributed by atoms with van der Waals surface area (Å²) in [6.45, 7) is 9.18. The van der Waals surface area contributed by atoms with E-state index in [2.05, 4.69) is 53.0 Å². The molecule has 0 amide bonds. The van der Waals surface area contributed by atoms with E-state index < -0.39 is 0 Å². The first-order valence-electron chi connectivity index (χ1n) is 6.63. The monoisotopic (exact) mass is 330 g/mol. The molecular formula is C14H23BrN2S. The van der Waals surface area contributed by atoms with Gasteiger partial charge in [0, 0.05) is 20.8 Å². The number of nitrogens with zero attached hydrogens (tertiary/aromatic N) is 1. The Bertz CT molecular complexity index is 390. The average molecular weight is 331 g/mol. The molecule has 2 unspecified atom stereocenters. The minimum absolute atomic E-state index is 0.178. The van der Waals surface area contributed by atoms with Crippen LogP contribution in [0.15, 0.2) is 15.9 Å². The molecule has 1 fully saturated rings. The van der Waals surface area contributed by atoms with E-state index in [1.165, 1.54) is 22.2 Å². The molecule has 0 aliphatic carbocycles. The Morgan fingerprint density at radius 1 is 1.39 bits per heavy atom. The van der Waals surface area contributed by atoms with Crippen molar-refractivity contribution in [1.82, 2.24) is 4.90 Å².